The summed E-state index contributed by atoms with van der Waals surface area (Å²) in [4.78, 5) is 0.182. The summed E-state index contributed by atoms with van der Waals surface area (Å²) in [6, 6.07) is 5.92. The number of halogens is 4. The maximum atomic E-state index is 11.9. The normalized spacial score (nSPS) is 13.1. The second-order valence-corrected chi connectivity index (χ2v) is 4.04. The van der Waals surface area contributed by atoms with Gasteiger partial charge in [0.15, 0.2) is 0 Å². The van der Waals surface area contributed by atoms with Gasteiger partial charge < -0.3 is 5.73 Å². The van der Waals surface area contributed by atoms with Crippen molar-refractivity contribution in [2.75, 3.05) is 0 Å². The Morgan fingerprint density at radius 3 is 2.00 bits per heavy atom. The number of hydrogen-bond donors (Lipinski definition) is 1. The van der Waals surface area contributed by atoms with E-state index in [1.54, 1.807) is 19.1 Å². The summed E-state index contributed by atoms with van der Waals surface area (Å²) >= 11 is -0.120. The molecule has 0 aromatic heterocycles. The van der Waals surface area contributed by atoms with E-state index in [0.29, 0.717) is 0 Å². The van der Waals surface area contributed by atoms with Crippen LogP contribution in [-0.2, 0) is 0 Å². The fourth-order valence-electron chi connectivity index (χ4n) is 0.973. The van der Waals surface area contributed by atoms with E-state index in [1.807, 2.05) is 0 Å². The molecule has 86 valence electrons. The van der Waals surface area contributed by atoms with E-state index in [-0.39, 0.29) is 35.1 Å². The summed E-state index contributed by atoms with van der Waals surface area (Å²) in [6.07, 6.45) is 0. The van der Waals surface area contributed by atoms with Crippen LogP contribution in [0, 0.1) is 0 Å². The molecule has 0 saturated carbocycles. The van der Waals surface area contributed by atoms with Gasteiger partial charge in [-0.25, -0.2) is 0 Å². The van der Waals surface area contributed by atoms with Crippen LogP contribution in [0.2, 0.25) is 0 Å². The molecule has 2 N–H and O–H groups in total. The number of rotatable bonds is 2. The first-order valence-corrected chi connectivity index (χ1v) is 4.81. The third kappa shape index (κ3) is 5.30. The molecule has 1 aromatic rings. The molecule has 0 amide bonds. The molecule has 0 aliphatic carbocycles. The van der Waals surface area contributed by atoms with Gasteiger partial charge in [0.05, 0.1) is 0 Å². The van der Waals surface area contributed by atoms with Crippen LogP contribution in [-0.4, -0.2) is 5.51 Å². The molecule has 1 aromatic carbocycles. The van der Waals surface area contributed by atoms with E-state index < -0.39 is 5.51 Å². The van der Waals surface area contributed by atoms with Crippen LogP contribution in [0.3, 0.4) is 0 Å². The smallest absolute Gasteiger partial charge is 0.324 e. The molecule has 1 rings (SSSR count). The van der Waals surface area contributed by atoms with Crippen molar-refractivity contribution >= 4 is 24.2 Å². The van der Waals surface area contributed by atoms with Gasteiger partial charge in [-0.15, -0.1) is 12.4 Å². The van der Waals surface area contributed by atoms with Crippen molar-refractivity contribution in [3.63, 3.8) is 0 Å². The Morgan fingerprint density at radius 1 is 1.20 bits per heavy atom. The van der Waals surface area contributed by atoms with Crippen molar-refractivity contribution in [2.45, 2.75) is 23.4 Å². The largest absolute Gasteiger partial charge is 0.446 e. The molecule has 6 heteroatoms. The molecule has 0 aliphatic rings. The van der Waals surface area contributed by atoms with E-state index in [0.717, 1.165) is 5.56 Å². The number of benzene rings is 1. The van der Waals surface area contributed by atoms with Gasteiger partial charge in [0.25, 0.3) is 0 Å². The van der Waals surface area contributed by atoms with Gasteiger partial charge in [-0.1, -0.05) is 12.1 Å². The Morgan fingerprint density at radius 2 is 1.67 bits per heavy atom. The van der Waals surface area contributed by atoms with Gasteiger partial charge in [0.2, 0.25) is 0 Å². The minimum atomic E-state index is -4.23. The maximum absolute atomic E-state index is 11.9. The standard InChI is InChI=1S/C9H10F3NS.ClH/c1-6(13)7-2-4-8(5-3-7)14-9(10,11)12;/h2-6H,13H2,1H3;1H. The van der Waals surface area contributed by atoms with Crippen molar-refractivity contribution < 1.29 is 13.2 Å². The molecule has 15 heavy (non-hydrogen) atoms. The average Bonchev–Trinajstić information content (AvgIpc) is 2.02. The van der Waals surface area contributed by atoms with Crippen molar-refractivity contribution in [3.8, 4) is 0 Å². The lowest BCUT2D eigenvalue weighted by molar-refractivity contribution is -0.0328. The predicted molar refractivity (Wildman–Crippen MR) is 58.2 cm³/mol. The van der Waals surface area contributed by atoms with Crippen molar-refractivity contribution in [1.29, 1.82) is 0 Å². The van der Waals surface area contributed by atoms with Crippen LogP contribution in [0.15, 0.2) is 29.2 Å². The molecule has 0 heterocycles. The third-order valence-electron chi connectivity index (χ3n) is 1.64. The summed E-state index contributed by atoms with van der Waals surface area (Å²) in [6.45, 7) is 1.78. The van der Waals surface area contributed by atoms with Gasteiger partial charge in [0.1, 0.15) is 0 Å². The summed E-state index contributed by atoms with van der Waals surface area (Å²) in [5.74, 6) is 0. The van der Waals surface area contributed by atoms with Crippen molar-refractivity contribution in [3.05, 3.63) is 29.8 Å². The molecule has 0 spiro atoms. The SMILES string of the molecule is CC(N)c1ccc(SC(F)(F)F)cc1.Cl. The van der Waals surface area contributed by atoms with Crippen LogP contribution in [0.1, 0.15) is 18.5 Å². The summed E-state index contributed by atoms with van der Waals surface area (Å²) in [5, 5.41) is 0. The van der Waals surface area contributed by atoms with Crippen LogP contribution < -0.4 is 5.73 Å². The third-order valence-corrected chi connectivity index (χ3v) is 2.38. The Kier molecular flexibility index (Phi) is 5.48. The molecular formula is C9H11ClF3NS. The lowest BCUT2D eigenvalue weighted by atomic mass is 10.1. The van der Waals surface area contributed by atoms with E-state index in [2.05, 4.69) is 0 Å². The first-order chi connectivity index (χ1) is 6.38. The molecule has 0 radical (unpaired) electrons. The van der Waals surface area contributed by atoms with Gasteiger partial charge in [-0.05, 0) is 36.4 Å². The van der Waals surface area contributed by atoms with E-state index >= 15 is 0 Å². The minimum absolute atomic E-state index is 0. The zero-order valence-corrected chi connectivity index (χ0v) is 9.55. The zero-order valence-electron chi connectivity index (χ0n) is 7.91. The van der Waals surface area contributed by atoms with Crippen LogP contribution in [0.25, 0.3) is 0 Å². The van der Waals surface area contributed by atoms with Crippen molar-refractivity contribution in [1.82, 2.24) is 0 Å². The molecular weight excluding hydrogens is 247 g/mol. The Labute approximate surface area is 96.6 Å². The lowest BCUT2D eigenvalue weighted by Crippen LogP contribution is -2.04. The highest BCUT2D eigenvalue weighted by Gasteiger charge is 2.28. The lowest BCUT2D eigenvalue weighted by Gasteiger charge is -2.08. The van der Waals surface area contributed by atoms with E-state index in [4.69, 9.17) is 5.73 Å². The van der Waals surface area contributed by atoms with E-state index in [9.17, 15) is 13.2 Å². The topological polar surface area (TPSA) is 26.0 Å². The predicted octanol–water partition coefficient (Wildman–Crippen LogP) is 3.74. The molecule has 0 fully saturated rings. The summed E-state index contributed by atoms with van der Waals surface area (Å²) in [5.41, 5.74) is 2.17. The van der Waals surface area contributed by atoms with Gasteiger partial charge in [0, 0.05) is 10.9 Å². The molecule has 0 saturated heterocycles. The Balaban J connectivity index is 0.00000196. The highest BCUT2D eigenvalue weighted by atomic mass is 35.5. The number of alkyl halides is 3. The Hall–Kier alpha value is -0.390. The average molecular weight is 258 g/mol. The minimum Gasteiger partial charge on any atom is -0.324 e. The zero-order chi connectivity index (χ0) is 10.8. The number of hydrogen-bond acceptors (Lipinski definition) is 2. The quantitative estimate of drug-likeness (QED) is 0.817. The molecule has 0 bridgehead atoms. The monoisotopic (exact) mass is 257 g/mol. The molecule has 1 nitrogen and oxygen atoms in total. The highest BCUT2D eigenvalue weighted by molar-refractivity contribution is 8.00. The molecule has 1 unspecified atom stereocenters. The first kappa shape index (κ1) is 14.6. The van der Waals surface area contributed by atoms with Crippen LogP contribution in [0.5, 0.6) is 0 Å². The summed E-state index contributed by atoms with van der Waals surface area (Å²) in [7, 11) is 0. The van der Waals surface area contributed by atoms with Gasteiger partial charge in [-0.3, -0.25) is 0 Å². The second kappa shape index (κ2) is 5.63. The van der Waals surface area contributed by atoms with Gasteiger partial charge in [-0.2, -0.15) is 13.2 Å². The van der Waals surface area contributed by atoms with Crippen molar-refractivity contribution in [2.24, 2.45) is 5.73 Å². The summed E-state index contributed by atoms with van der Waals surface area (Å²) < 4.78 is 35.8. The van der Waals surface area contributed by atoms with Crippen LogP contribution >= 0.6 is 24.2 Å². The second-order valence-electron chi connectivity index (χ2n) is 2.91. The fourth-order valence-corrected chi connectivity index (χ4v) is 1.51. The highest BCUT2D eigenvalue weighted by Crippen LogP contribution is 2.36. The molecule has 0 aliphatic heterocycles. The Bertz CT molecular complexity index is 297. The fraction of sp³-hybridized carbons (Fsp3) is 0.333. The van der Waals surface area contributed by atoms with E-state index in [1.165, 1.54) is 12.1 Å². The van der Waals surface area contributed by atoms with Crippen LogP contribution in [0.4, 0.5) is 13.2 Å². The number of nitrogens with two attached hydrogens (primary N) is 1. The van der Waals surface area contributed by atoms with Gasteiger partial charge >= 0.3 is 5.51 Å². The maximum Gasteiger partial charge on any atom is 0.446 e. The first-order valence-electron chi connectivity index (χ1n) is 4.00. The molecule has 1 atom stereocenters. The number of thioether (sulfide) groups is 1.